The molecular weight excluding hydrogens is 517 g/mol. The fourth-order valence-corrected chi connectivity index (χ4v) is 4.28. The number of alkyl halides is 2. The van der Waals surface area contributed by atoms with E-state index in [1.165, 1.54) is 43.4 Å². The number of benzene rings is 1. The maximum Gasteiger partial charge on any atom is 0.387 e. The molecule has 196 valence electrons. The number of likely N-dealkylation sites (tertiary alicyclic amines) is 1. The van der Waals surface area contributed by atoms with Crippen LogP contribution >= 0.6 is 23.2 Å². The first-order valence-corrected chi connectivity index (χ1v) is 12.5. The minimum atomic E-state index is -3.06. The van der Waals surface area contributed by atoms with Crippen LogP contribution in [0.2, 0.25) is 10.0 Å². The second kappa shape index (κ2) is 14.3. The van der Waals surface area contributed by atoms with Gasteiger partial charge in [-0.2, -0.15) is 8.78 Å². The van der Waals surface area contributed by atoms with Crippen LogP contribution < -0.4 is 9.47 Å². The molecule has 0 N–H and O–H groups in total. The van der Waals surface area contributed by atoms with Gasteiger partial charge in [0.05, 0.1) is 16.7 Å². The number of aromatic nitrogens is 1. The lowest BCUT2D eigenvalue weighted by Crippen LogP contribution is -2.25. The van der Waals surface area contributed by atoms with Gasteiger partial charge in [0.25, 0.3) is 0 Å². The summed E-state index contributed by atoms with van der Waals surface area (Å²) in [6, 6.07) is 3.96. The monoisotopic (exact) mass is 544 g/mol. The lowest BCUT2D eigenvalue weighted by Gasteiger charge is -2.14. The van der Waals surface area contributed by atoms with Crippen molar-refractivity contribution in [3.63, 3.8) is 0 Å². The van der Waals surface area contributed by atoms with Crippen LogP contribution in [0.1, 0.15) is 48.0 Å². The number of ketones is 1. The number of halogens is 4. The van der Waals surface area contributed by atoms with E-state index in [1.54, 1.807) is 0 Å². The molecule has 0 unspecified atom stereocenters. The molecule has 2 aromatic rings. The van der Waals surface area contributed by atoms with Gasteiger partial charge >= 0.3 is 12.6 Å². The molecule has 3 rings (SSSR count). The largest absolute Gasteiger partial charge is 0.490 e. The second-order valence-corrected chi connectivity index (χ2v) is 9.11. The Kier molecular flexibility index (Phi) is 11.2. The fraction of sp³-hybridized carbons (Fsp3) is 0.480. The summed E-state index contributed by atoms with van der Waals surface area (Å²) in [6.45, 7) is 0.296. The molecule has 0 aliphatic carbocycles. The van der Waals surface area contributed by atoms with E-state index in [4.69, 9.17) is 32.7 Å². The summed E-state index contributed by atoms with van der Waals surface area (Å²) >= 11 is 12.2. The number of hydrogen-bond acceptors (Lipinski definition) is 7. The van der Waals surface area contributed by atoms with Gasteiger partial charge in [-0.15, -0.1) is 0 Å². The van der Waals surface area contributed by atoms with Crippen molar-refractivity contribution in [2.75, 3.05) is 32.8 Å². The van der Waals surface area contributed by atoms with Crippen LogP contribution in [-0.4, -0.2) is 61.1 Å². The van der Waals surface area contributed by atoms with Gasteiger partial charge < -0.3 is 14.2 Å². The van der Waals surface area contributed by atoms with E-state index in [0.29, 0.717) is 25.0 Å². The van der Waals surface area contributed by atoms with Gasteiger partial charge in [0.2, 0.25) is 0 Å². The highest BCUT2D eigenvalue weighted by atomic mass is 35.5. The number of hydrogen-bond donors (Lipinski definition) is 0. The van der Waals surface area contributed by atoms with Crippen LogP contribution in [0.25, 0.3) is 0 Å². The Morgan fingerprint density at radius 1 is 1.03 bits per heavy atom. The van der Waals surface area contributed by atoms with Crippen molar-refractivity contribution in [1.29, 1.82) is 0 Å². The zero-order valence-corrected chi connectivity index (χ0v) is 21.2. The van der Waals surface area contributed by atoms with Gasteiger partial charge in [-0.1, -0.05) is 23.2 Å². The maximum atomic E-state index is 12.8. The molecule has 11 heteroatoms. The number of pyridine rings is 1. The van der Waals surface area contributed by atoms with Gasteiger partial charge in [-0.05, 0) is 57.0 Å². The van der Waals surface area contributed by atoms with E-state index in [0.717, 1.165) is 19.6 Å². The minimum absolute atomic E-state index is 0.00117. The molecule has 1 saturated heterocycles. The first kappa shape index (κ1) is 28.1. The standard InChI is InChI=1S/C25H28Cl2F2N2O5/c26-19-15-30-16-20(27)18(19)14-21(32)17-6-7-22(36-25(28)29)23(13-17)34-11-4-1-5-24(33)35-12-10-31-8-2-3-9-31/h6-7,13,15-16,25H,1-5,8-12,14H2. The van der Waals surface area contributed by atoms with Crippen molar-refractivity contribution in [2.24, 2.45) is 0 Å². The summed E-state index contributed by atoms with van der Waals surface area (Å²) in [7, 11) is 0. The number of carbonyl (C=O) groups is 2. The first-order chi connectivity index (χ1) is 17.3. The Morgan fingerprint density at radius 2 is 1.75 bits per heavy atom. The Labute approximate surface area is 218 Å². The normalized spacial score (nSPS) is 13.7. The Hall–Kier alpha value is -2.49. The lowest BCUT2D eigenvalue weighted by molar-refractivity contribution is -0.144. The van der Waals surface area contributed by atoms with E-state index in [1.807, 2.05) is 0 Å². The van der Waals surface area contributed by atoms with Crippen molar-refractivity contribution in [3.05, 3.63) is 51.8 Å². The second-order valence-electron chi connectivity index (χ2n) is 8.30. The minimum Gasteiger partial charge on any atom is -0.490 e. The quantitative estimate of drug-likeness (QED) is 0.174. The smallest absolute Gasteiger partial charge is 0.387 e. The molecular formula is C25H28Cl2F2N2O5. The summed E-state index contributed by atoms with van der Waals surface area (Å²) < 4.78 is 41.1. The van der Waals surface area contributed by atoms with Crippen LogP contribution in [0.3, 0.4) is 0 Å². The van der Waals surface area contributed by atoms with Gasteiger partial charge in [0.1, 0.15) is 6.61 Å². The third kappa shape index (κ3) is 8.87. The summed E-state index contributed by atoms with van der Waals surface area (Å²) in [5, 5.41) is 0.499. The molecule has 0 spiro atoms. The molecule has 1 aliphatic rings. The molecule has 1 aromatic heterocycles. The molecule has 0 amide bonds. The number of nitrogens with zero attached hydrogens (tertiary/aromatic N) is 2. The summed E-state index contributed by atoms with van der Waals surface area (Å²) in [5.41, 5.74) is 0.637. The molecule has 0 atom stereocenters. The fourth-order valence-electron chi connectivity index (χ4n) is 3.78. The van der Waals surface area contributed by atoms with Crippen molar-refractivity contribution in [1.82, 2.24) is 9.88 Å². The van der Waals surface area contributed by atoms with Crippen molar-refractivity contribution < 1.29 is 32.6 Å². The molecule has 0 radical (unpaired) electrons. The number of esters is 1. The van der Waals surface area contributed by atoms with Gasteiger partial charge in [0, 0.05) is 42.9 Å². The number of carbonyl (C=O) groups excluding carboxylic acids is 2. The molecule has 7 nitrogen and oxygen atoms in total. The zero-order chi connectivity index (χ0) is 25.9. The molecule has 2 heterocycles. The van der Waals surface area contributed by atoms with Crippen molar-refractivity contribution in [3.8, 4) is 11.5 Å². The van der Waals surface area contributed by atoms with E-state index in [2.05, 4.69) is 14.6 Å². The Bertz CT molecular complexity index is 1020. The molecule has 1 aliphatic heterocycles. The topological polar surface area (TPSA) is 78.0 Å². The van der Waals surface area contributed by atoms with Crippen LogP contribution in [0.4, 0.5) is 8.78 Å². The van der Waals surface area contributed by atoms with Crippen molar-refractivity contribution >= 4 is 35.0 Å². The first-order valence-electron chi connectivity index (χ1n) is 11.7. The third-order valence-electron chi connectivity index (χ3n) is 5.67. The number of Topliss-reactive ketones (excluding diaryl/α,β-unsaturated/α-hetero) is 1. The van der Waals surface area contributed by atoms with Gasteiger partial charge in [-0.25, -0.2) is 0 Å². The third-order valence-corrected chi connectivity index (χ3v) is 6.32. The zero-order valence-electron chi connectivity index (χ0n) is 19.7. The predicted octanol–water partition coefficient (Wildman–Crippen LogP) is 5.60. The predicted molar refractivity (Wildman–Crippen MR) is 131 cm³/mol. The highest BCUT2D eigenvalue weighted by Gasteiger charge is 2.18. The Balaban J connectivity index is 1.50. The van der Waals surface area contributed by atoms with E-state index >= 15 is 0 Å². The van der Waals surface area contributed by atoms with Crippen LogP contribution in [0.5, 0.6) is 11.5 Å². The van der Waals surface area contributed by atoms with E-state index < -0.39 is 6.61 Å². The van der Waals surface area contributed by atoms with Crippen molar-refractivity contribution in [2.45, 2.75) is 45.1 Å². The molecule has 0 saturated carbocycles. The summed E-state index contributed by atoms with van der Waals surface area (Å²) in [5.74, 6) is -0.809. The number of unbranched alkanes of at least 4 members (excludes halogenated alkanes) is 1. The number of ether oxygens (including phenoxy) is 3. The highest BCUT2D eigenvalue weighted by Crippen LogP contribution is 2.31. The lowest BCUT2D eigenvalue weighted by atomic mass is 10.0. The van der Waals surface area contributed by atoms with Crippen LogP contribution in [0, 0.1) is 0 Å². The molecule has 1 fully saturated rings. The average Bonchev–Trinajstić information content (AvgIpc) is 3.35. The van der Waals surface area contributed by atoms with Crippen LogP contribution in [-0.2, 0) is 16.0 Å². The highest BCUT2D eigenvalue weighted by molar-refractivity contribution is 6.36. The van der Waals surface area contributed by atoms with Gasteiger partial charge in [0.15, 0.2) is 17.3 Å². The van der Waals surface area contributed by atoms with E-state index in [9.17, 15) is 18.4 Å². The molecule has 0 bridgehead atoms. The molecule has 36 heavy (non-hydrogen) atoms. The van der Waals surface area contributed by atoms with Gasteiger partial charge in [-0.3, -0.25) is 19.5 Å². The molecule has 1 aromatic carbocycles. The maximum absolute atomic E-state index is 12.8. The Morgan fingerprint density at radius 3 is 2.44 bits per heavy atom. The van der Waals surface area contributed by atoms with E-state index in [-0.39, 0.29) is 58.3 Å². The van der Waals surface area contributed by atoms with Crippen LogP contribution in [0.15, 0.2) is 30.6 Å². The summed E-state index contributed by atoms with van der Waals surface area (Å²) in [4.78, 5) is 30.8. The summed E-state index contributed by atoms with van der Waals surface area (Å²) in [6.07, 6.45) is 6.25. The average molecular weight is 545 g/mol. The number of rotatable bonds is 14. The SMILES string of the molecule is O=C(CCCCOc1cc(C(=O)Cc2c(Cl)cncc2Cl)ccc1OC(F)F)OCCN1CCCC1.